The Morgan fingerprint density at radius 3 is 2.76 bits per heavy atom. The number of hydrogen-bond acceptors (Lipinski definition) is 6. The van der Waals surface area contributed by atoms with Crippen LogP contribution in [-0.4, -0.2) is 35.3 Å². The van der Waals surface area contributed by atoms with Crippen molar-refractivity contribution in [1.82, 2.24) is 29.4 Å². The van der Waals surface area contributed by atoms with Gasteiger partial charge in [0, 0.05) is 30.0 Å². The number of carbonyl (C=O) groups excluding carboxylic acids is 1. The van der Waals surface area contributed by atoms with Crippen LogP contribution in [0.1, 0.15) is 37.2 Å². The van der Waals surface area contributed by atoms with Crippen molar-refractivity contribution in [3.63, 3.8) is 0 Å². The topological polar surface area (TPSA) is 90.0 Å². The zero-order valence-electron chi connectivity index (χ0n) is 18.2. The van der Waals surface area contributed by atoms with Gasteiger partial charge in [0.1, 0.15) is 10.9 Å². The summed E-state index contributed by atoms with van der Waals surface area (Å²) in [5.41, 5.74) is 4.38. The molecule has 1 N–H and O–H groups in total. The van der Waals surface area contributed by atoms with Gasteiger partial charge in [0.05, 0.1) is 16.9 Å². The molecule has 0 saturated heterocycles. The van der Waals surface area contributed by atoms with E-state index in [1.165, 1.54) is 18.7 Å². The lowest BCUT2D eigenvalue weighted by Crippen LogP contribution is -2.07. The zero-order valence-corrected chi connectivity index (χ0v) is 19.0. The van der Waals surface area contributed by atoms with E-state index in [1.54, 1.807) is 0 Å². The SMILES string of the molecule is CC(=O)Nc1cccc(-n2c(Sc3nc4cc(C)nn4c4ccccc34)nnc2C2CC2)c1. The molecule has 3 aromatic heterocycles. The minimum Gasteiger partial charge on any atom is -0.326 e. The van der Waals surface area contributed by atoms with Gasteiger partial charge in [0.15, 0.2) is 5.65 Å². The molecule has 1 amide bonds. The van der Waals surface area contributed by atoms with Gasteiger partial charge in [-0.05, 0) is 55.8 Å². The largest absolute Gasteiger partial charge is 0.326 e. The summed E-state index contributed by atoms with van der Waals surface area (Å²) in [5.74, 6) is 1.25. The smallest absolute Gasteiger partial charge is 0.221 e. The molecule has 3 heterocycles. The first-order valence-electron chi connectivity index (χ1n) is 10.8. The molecule has 1 aliphatic carbocycles. The van der Waals surface area contributed by atoms with Crippen LogP contribution in [0.5, 0.6) is 0 Å². The molecule has 164 valence electrons. The molecule has 1 aliphatic rings. The molecular weight excluding hydrogens is 434 g/mol. The van der Waals surface area contributed by atoms with Gasteiger partial charge >= 0.3 is 0 Å². The average Bonchev–Trinajstić information content (AvgIpc) is 3.45. The molecule has 0 radical (unpaired) electrons. The highest BCUT2D eigenvalue weighted by Crippen LogP contribution is 2.42. The van der Waals surface area contributed by atoms with Gasteiger partial charge in [-0.3, -0.25) is 9.36 Å². The standard InChI is InChI=1S/C24H21N7OS/c1-14-12-21-26-23(19-8-3-4-9-20(19)31(21)29-14)33-24-28-27-22(16-10-11-16)30(24)18-7-5-6-17(13-18)25-15(2)32/h3-9,12-13,16H,10-11H2,1-2H3,(H,25,32). The molecule has 9 heteroatoms. The monoisotopic (exact) mass is 455 g/mol. The average molecular weight is 456 g/mol. The van der Waals surface area contributed by atoms with E-state index in [0.717, 1.165) is 62.5 Å². The minimum atomic E-state index is -0.104. The van der Waals surface area contributed by atoms with E-state index in [-0.39, 0.29) is 5.91 Å². The molecule has 0 aliphatic heterocycles. The Hall–Kier alpha value is -3.72. The first-order valence-corrected chi connectivity index (χ1v) is 11.6. The maximum atomic E-state index is 11.6. The number of carbonyl (C=O) groups is 1. The number of benzene rings is 2. The lowest BCUT2D eigenvalue weighted by atomic mass is 10.2. The van der Waals surface area contributed by atoms with Gasteiger partial charge < -0.3 is 5.32 Å². The number of nitrogens with one attached hydrogen (secondary N) is 1. The van der Waals surface area contributed by atoms with Crippen LogP contribution in [0.2, 0.25) is 0 Å². The van der Waals surface area contributed by atoms with Crippen LogP contribution in [0.15, 0.2) is 64.8 Å². The number of anilines is 1. The summed E-state index contributed by atoms with van der Waals surface area (Å²) in [6.07, 6.45) is 2.22. The second kappa shape index (κ2) is 7.70. The molecule has 5 aromatic rings. The number of para-hydroxylation sites is 1. The molecule has 6 rings (SSSR count). The van der Waals surface area contributed by atoms with Crippen LogP contribution in [0, 0.1) is 6.92 Å². The highest BCUT2D eigenvalue weighted by Gasteiger charge is 2.31. The van der Waals surface area contributed by atoms with Gasteiger partial charge in [-0.2, -0.15) is 5.10 Å². The summed E-state index contributed by atoms with van der Waals surface area (Å²) in [7, 11) is 0. The molecule has 0 unspecified atom stereocenters. The Balaban J connectivity index is 1.49. The van der Waals surface area contributed by atoms with E-state index in [1.807, 2.05) is 53.9 Å². The van der Waals surface area contributed by atoms with Gasteiger partial charge in [0.2, 0.25) is 11.1 Å². The van der Waals surface area contributed by atoms with E-state index in [2.05, 4.69) is 37.3 Å². The van der Waals surface area contributed by atoms with Gasteiger partial charge in [-0.15, -0.1) is 10.2 Å². The van der Waals surface area contributed by atoms with Crippen LogP contribution in [-0.2, 0) is 4.79 Å². The second-order valence-corrected chi connectivity index (χ2v) is 9.23. The van der Waals surface area contributed by atoms with Crippen LogP contribution < -0.4 is 5.32 Å². The van der Waals surface area contributed by atoms with Crippen LogP contribution >= 0.6 is 11.8 Å². The molecule has 2 aromatic carbocycles. The maximum Gasteiger partial charge on any atom is 0.221 e. The Bertz CT molecular complexity index is 1530. The third-order valence-electron chi connectivity index (χ3n) is 5.61. The molecular formula is C24H21N7OS. The van der Waals surface area contributed by atoms with Crippen molar-refractivity contribution < 1.29 is 4.79 Å². The Morgan fingerprint density at radius 2 is 1.94 bits per heavy atom. The summed E-state index contributed by atoms with van der Waals surface area (Å²) in [5, 5.41) is 19.2. The summed E-state index contributed by atoms with van der Waals surface area (Å²) in [6, 6.07) is 17.9. The number of nitrogens with zero attached hydrogens (tertiary/aromatic N) is 6. The van der Waals surface area contributed by atoms with E-state index >= 15 is 0 Å². The number of fused-ring (bicyclic) bond motifs is 3. The molecule has 1 saturated carbocycles. The van der Waals surface area contributed by atoms with E-state index in [4.69, 9.17) is 4.98 Å². The fourth-order valence-electron chi connectivity index (χ4n) is 4.03. The molecule has 1 fully saturated rings. The van der Waals surface area contributed by atoms with Crippen molar-refractivity contribution >= 4 is 39.9 Å². The lowest BCUT2D eigenvalue weighted by Gasteiger charge is -2.12. The van der Waals surface area contributed by atoms with Crippen molar-refractivity contribution in [3.05, 3.63) is 66.1 Å². The van der Waals surface area contributed by atoms with Crippen molar-refractivity contribution in [2.24, 2.45) is 0 Å². The second-order valence-electron chi connectivity index (χ2n) is 8.27. The third kappa shape index (κ3) is 3.64. The third-order valence-corrected chi connectivity index (χ3v) is 6.56. The Labute approximate surface area is 194 Å². The van der Waals surface area contributed by atoms with Gasteiger partial charge in [0.25, 0.3) is 0 Å². The van der Waals surface area contributed by atoms with Crippen molar-refractivity contribution in [1.29, 1.82) is 0 Å². The molecule has 33 heavy (non-hydrogen) atoms. The highest BCUT2D eigenvalue weighted by atomic mass is 32.2. The van der Waals surface area contributed by atoms with Crippen molar-refractivity contribution in [2.75, 3.05) is 5.32 Å². The van der Waals surface area contributed by atoms with E-state index in [9.17, 15) is 4.79 Å². The highest BCUT2D eigenvalue weighted by molar-refractivity contribution is 7.99. The summed E-state index contributed by atoms with van der Waals surface area (Å²) in [4.78, 5) is 16.5. The maximum absolute atomic E-state index is 11.6. The summed E-state index contributed by atoms with van der Waals surface area (Å²) < 4.78 is 3.97. The van der Waals surface area contributed by atoms with Gasteiger partial charge in [-0.25, -0.2) is 9.50 Å². The van der Waals surface area contributed by atoms with E-state index in [0.29, 0.717) is 5.92 Å². The lowest BCUT2D eigenvalue weighted by molar-refractivity contribution is -0.114. The first-order chi connectivity index (χ1) is 16.1. The van der Waals surface area contributed by atoms with Crippen LogP contribution in [0.4, 0.5) is 5.69 Å². The molecule has 8 nitrogen and oxygen atoms in total. The molecule has 0 bridgehead atoms. The quantitative estimate of drug-likeness (QED) is 0.384. The number of rotatable bonds is 5. The van der Waals surface area contributed by atoms with Crippen molar-refractivity contribution in [3.8, 4) is 5.69 Å². The zero-order chi connectivity index (χ0) is 22.5. The predicted molar refractivity (Wildman–Crippen MR) is 127 cm³/mol. The number of hydrogen-bond donors (Lipinski definition) is 1. The first kappa shape index (κ1) is 19.9. The fraction of sp³-hybridized carbons (Fsp3) is 0.208. The van der Waals surface area contributed by atoms with Crippen LogP contribution in [0.25, 0.3) is 22.2 Å². The summed E-state index contributed by atoms with van der Waals surface area (Å²) in [6.45, 7) is 3.48. The Kier molecular flexibility index (Phi) is 4.65. The number of aromatic nitrogens is 6. The normalized spacial score (nSPS) is 13.6. The fourth-order valence-corrected chi connectivity index (χ4v) is 5.00. The Morgan fingerprint density at radius 1 is 1.09 bits per heavy atom. The minimum absolute atomic E-state index is 0.104. The summed E-state index contributed by atoms with van der Waals surface area (Å²) >= 11 is 1.50. The molecule has 0 spiro atoms. The number of amides is 1. The number of aryl methyl sites for hydroxylation is 1. The van der Waals surface area contributed by atoms with Crippen molar-refractivity contribution in [2.45, 2.75) is 42.8 Å². The van der Waals surface area contributed by atoms with E-state index < -0.39 is 0 Å². The molecule has 0 atom stereocenters. The van der Waals surface area contributed by atoms with Gasteiger partial charge in [-0.1, -0.05) is 24.3 Å². The predicted octanol–water partition coefficient (Wildman–Crippen LogP) is 4.76. The van der Waals surface area contributed by atoms with Crippen LogP contribution in [0.3, 0.4) is 0 Å².